The van der Waals surface area contributed by atoms with E-state index in [9.17, 15) is 22.5 Å². The van der Waals surface area contributed by atoms with Crippen LogP contribution in [0.4, 0.5) is 25.1 Å². The molecule has 0 unspecified atom stereocenters. The number of nitrogens with zero attached hydrogens (tertiary/aromatic N) is 8. The lowest BCUT2D eigenvalue weighted by Gasteiger charge is -2.34. The molecule has 232 valence electrons. The minimum Gasteiger partial charge on any atom is -0.350 e. The number of halogens is 4. The number of hydrogen-bond acceptors (Lipinski definition) is 9. The first-order valence-corrected chi connectivity index (χ1v) is 16.1. The maximum Gasteiger partial charge on any atom is 0.277 e. The summed E-state index contributed by atoms with van der Waals surface area (Å²) in [6, 6.07) is 4.42. The largest absolute Gasteiger partial charge is 0.350 e. The molecule has 16 heteroatoms. The predicted molar refractivity (Wildman–Crippen MR) is 158 cm³/mol. The number of imidazole rings is 1. The Morgan fingerprint density at radius 1 is 1.19 bits per heavy atom. The molecule has 2 aliphatic rings. The number of likely N-dealkylation sites (N-methyl/N-ethyl adjacent to an activating group) is 1. The Morgan fingerprint density at radius 3 is 2.60 bits per heavy atom. The summed E-state index contributed by atoms with van der Waals surface area (Å²) in [4.78, 5) is 16.3. The van der Waals surface area contributed by atoms with Crippen molar-refractivity contribution in [2.75, 3.05) is 62.8 Å². The van der Waals surface area contributed by atoms with E-state index in [4.69, 9.17) is 11.6 Å². The van der Waals surface area contributed by atoms with Gasteiger partial charge in [-0.3, -0.25) is 4.90 Å². The molecule has 2 aromatic heterocycles. The zero-order valence-electron chi connectivity index (χ0n) is 24.2. The summed E-state index contributed by atoms with van der Waals surface area (Å²) in [5.74, 6) is -3.88. The fourth-order valence-corrected chi connectivity index (χ4v) is 6.75. The lowest BCUT2D eigenvalue weighted by Crippen LogP contribution is -2.47. The van der Waals surface area contributed by atoms with Gasteiger partial charge in [0.05, 0.1) is 53.8 Å². The molecule has 1 N–H and O–H groups in total. The lowest BCUT2D eigenvalue weighted by atomic mass is 9.95. The van der Waals surface area contributed by atoms with Gasteiger partial charge >= 0.3 is 0 Å². The van der Waals surface area contributed by atoms with E-state index in [-0.39, 0.29) is 53.8 Å². The highest BCUT2D eigenvalue weighted by Crippen LogP contribution is 2.36. The van der Waals surface area contributed by atoms with Gasteiger partial charge in [0, 0.05) is 43.8 Å². The molecule has 1 aromatic carbocycles. The summed E-state index contributed by atoms with van der Waals surface area (Å²) in [6.07, 6.45) is 2.83. The summed E-state index contributed by atoms with van der Waals surface area (Å²) in [6.45, 7) is 3.80. The average Bonchev–Trinajstić information content (AvgIpc) is 3.25. The summed E-state index contributed by atoms with van der Waals surface area (Å²) in [5.41, 5.74) is 1.01. The van der Waals surface area contributed by atoms with Gasteiger partial charge in [-0.25, -0.2) is 40.8 Å². The van der Waals surface area contributed by atoms with Gasteiger partial charge in [0.2, 0.25) is 21.9 Å². The van der Waals surface area contributed by atoms with Crippen molar-refractivity contribution in [3.8, 4) is 17.3 Å². The number of fused-ring (bicyclic) bond motifs is 1. The predicted octanol–water partition coefficient (Wildman–Crippen LogP) is 3.84. The van der Waals surface area contributed by atoms with Crippen LogP contribution in [0.3, 0.4) is 0 Å². The number of piperidine rings is 1. The Labute approximate surface area is 253 Å². The molecule has 0 bridgehead atoms. The summed E-state index contributed by atoms with van der Waals surface area (Å²) in [5, 5.41) is 13.0. The van der Waals surface area contributed by atoms with Gasteiger partial charge in [-0.1, -0.05) is 11.6 Å². The molecular weight excluding hydrogens is 607 g/mol. The van der Waals surface area contributed by atoms with E-state index in [1.165, 1.54) is 21.5 Å². The van der Waals surface area contributed by atoms with Gasteiger partial charge in [0.1, 0.15) is 5.52 Å². The van der Waals surface area contributed by atoms with Crippen LogP contribution in [0.15, 0.2) is 18.3 Å². The van der Waals surface area contributed by atoms with Crippen molar-refractivity contribution in [1.82, 2.24) is 28.7 Å². The van der Waals surface area contributed by atoms with Crippen molar-refractivity contribution in [2.45, 2.75) is 38.3 Å². The fourth-order valence-electron chi connectivity index (χ4n) is 5.69. The topological polar surface area (TPSA) is 123 Å². The van der Waals surface area contributed by atoms with Crippen molar-refractivity contribution in [1.29, 1.82) is 5.26 Å². The number of anilines is 2. The van der Waals surface area contributed by atoms with Crippen molar-refractivity contribution < 1.29 is 21.6 Å². The van der Waals surface area contributed by atoms with Gasteiger partial charge in [-0.15, -0.1) is 0 Å². The third-order valence-corrected chi connectivity index (χ3v) is 9.29. The first-order chi connectivity index (χ1) is 20.2. The number of sulfonamides is 1. The second-order valence-corrected chi connectivity index (χ2v) is 13.9. The van der Waals surface area contributed by atoms with Crippen LogP contribution >= 0.6 is 11.6 Å². The molecule has 2 fully saturated rings. The number of nitrogens with one attached hydrogen (secondary N) is 1. The Kier molecular flexibility index (Phi) is 8.51. The molecule has 2 saturated heterocycles. The quantitative estimate of drug-likeness (QED) is 0.429. The molecule has 2 aliphatic heterocycles. The highest BCUT2D eigenvalue weighted by Gasteiger charge is 2.38. The van der Waals surface area contributed by atoms with Gasteiger partial charge in [-0.05, 0) is 39.4 Å². The van der Waals surface area contributed by atoms with Gasteiger partial charge < -0.3 is 14.8 Å². The number of rotatable bonds is 6. The maximum absolute atomic E-state index is 15.6. The standard InChI is InChI=1S/C27H33ClF3N9O2S/c1-16(2)40-22-10-17(9-20(29)24(22)36-26(40)38-8-7-37(3)14-27(30,31)15-38)23-19(28)12-33-25(35-23)34-21-5-6-39(43(4,41)42)13-18(21)11-32/h9-10,12,16,18,21H,5-8,13-15H2,1-4H3,(H,33,34,35)/t18-,21-/m1/s1. The second-order valence-electron chi connectivity index (χ2n) is 11.5. The molecule has 43 heavy (non-hydrogen) atoms. The van der Waals surface area contributed by atoms with Crippen LogP contribution < -0.4 is 10.2 Å². The zero-order chi connectivity index (χ0) is 31.3. The Bertz CT molecular complexity index is 1680. The minimum absolute atomic E-state index is 0.0378. The molecule has 0 saturated carbocycles. The number of alkyl halides is 2. The fraction of sp³-hybridized carbons (Fsp3) is 0.556. The monoisotopic (exact) mass is 639 g/mol. The molecule has 4 heterocycles. The van der Waals surface area contributed by atoms with Crippen molar-refractivity contribution in [3.05, 3.63) is 29.2 Å². The molecule has 0 amide bonds. The molecule has 0 aliphatic carbocycles. The number of hydrogen-bond donors (Lipinski definition) is 1. The van der Waals surface area contributed by atoms with Gasteiger partial charge in [-0.2, -0.15) is 5.26 Å². The lowest BCUT2D eigenvalue weighted by molar-refractivity contribution is -0.00961. The van der Waals surface area contributed by atoms with E-state index in [0.29, 0.717) is 30.6 Å². The number of nitriles is 1. The van der Waals surface area contributed by atoms with Gasteiger partial charge in [0.25, 0.3) is 5.92 Å². The first kappa shape index (κ1) is 31.2. The third-order valence-electron chi connectivity index (χ3n) is 7.75. The van der Waals surface area contributed by atoms with Crippen molar-refractivity contribution in [3.63, 3.8) is 0 Å². The van der Waals surface area contributed by atoms with Crippen LogP contribution in [0.5, 0.6) is 0 Å². The smallest absolute Gasteiger partial charge is 0.277 e. The first-order valence-electron chi connectivity index (χ1n) is 13.8. The van der Waals surface area contributed by atoms with E-state index in [1.807, 2.05) is 13.8 Å². The maximum atomic E-state index is 15.6. The van der Waals surface area contributed by atoms with E-state index in [0.717, 1.165) is 6.26 Å². The zero-order valence-corrected chi connectivity index (χ0v) is 25.8. The Hall–Kier alpha value is -3.19. The molecule has 11 nitrogen and oxygen atoms in total. The van der Waals surface area contributed by atoms with Crippen LogP contribution in [0.25, 0.3) is 22.3 Å². The molecule has 3 aromatic rings. The molecular formula is C27H33ClF3N9O2S. The van der Waals surface area contributed by atoms with Crippen LogP contribution in [0.1, 0.15) is 26.3 Å². The van der Waals surface area contributed by atoms with E-state index in [1.54, 1.807) is 22.6 Å². The summed E-state index contributed by atoms with van der Waals surface area (Å²) in [7, 11) is -1.80. The van der Waals surface area contributed by atoms with Crippen LogP contribution in [0, 0.1) is 23.1 Å². The van der Waals surface area contributed by atoms with Gasteiger partial charge in [0.15, 0.2) is 5.82 Å². The van der Waals surface area contributed by atoms with Crippen LogP contribution in [-0.4, -0.2) is 102 Å². The van der Waals surface area contributed by atoms with Crippen LogP contribution in [-0.2, 0) is 10.0 Å². The van der Waals surface area contributed by atoms with Crippen molar-refractivity contribution >= 4 is 44.6 Å². The highest BCUT2D eigenvalue weighted by atomic mass is 35.5. The SMILES string of the molecule is CC(C)n1c(N2CCN(C)CC(F)(F)C2)nc2c(F)cc(-c3nc(N[C@@H]4CCN(S(C)(=O)=O)C[C@H]4C#N)ncc3Cl)cc21. The molecule has 5 rings (SSSR count). The molecule has 0 radical (unpaired) electrons. The van der Waals surface area contributed by atoms with Crippen LogP contribution in [0.2, 0.25) is 5.02 Å². The Balaban J connectivity index is 1.50. The van der Waals surface area contributed by atoms with E-state index < -0.39 is 40.3 Å². The highest BCUT2D eigenvalue weighted by molar-refractivity contribution is 7.88. The number of benzene rings is 1. The normalized spacial score (nSPS) is 22.1. The third kappa shape index (κ3) is 6.52. The molecule has 2 atom stereocenters. The number of aromatic nitrogens is 4. The average molecular weight is 640 g/mol. The minimum atomic E-state index is -3.44. The Morgan fingerprint density at radius 2 is 1.93 bits per heavy atom. The summed E-state index contributed by atoms with van der Waals surface area (Å²) < 4.78 is 72.0. The second kappa shape index (κ2) is 11.7. The van der Waals surface area contributed by atoms with Crippen molar-refractivity contribution in [2.24, 2.45) is 5.92 Å². The molecule has 0 spiro atoms. The van der Waals surface area contributed by atoms with E-state index in [2.05, 4.69) is 26.3 Å². The van der Waals surface area contributed by atoms with E-state index >= 15 is 4.39 Å². The summed E-state index contributed by atoms with van der Waals surface area (Å²) >= 11 is 6.48.